The van der Waals surface area contributed by atoms with Crippen molar-refractivity contribution in [3.63, 3.8) is 0 Å². The van der Waals surface area contributed by atoms with Crippen LogP contribution in [0.4, 0.5) is 0 Å². The van der Waals surface area contributed by atoms with Gasteiger partial charge in [-0.15, -0.1) is 0 Å². The predicted molar refractivity (Wildman–Crippen MR) is 81.3 cm³/mol. The number of hydrogen-bond donors (Lipinski definition) is 1. The monoisotopic (exact) mass is 257 g/mol. The lowest BCUT2D eigenvalue weighted by Gasteiger charge is -2.17. The van der Waals surface area contributed by atoms with Crippen LogP contribution in [0.15, 0.2) is 24.3 Å². The summed E-state index contributed by atoms with van der Waals surface area (Å²) in [6, 6.07) is 9.94. The molecule has 2 aliphatic carbocycles. The molecular formula is C18H27N. The standard InChI is InChI=1S/C18H27N/c1-3-13-8-10-14(11-9-13)12-17(19-2)18-15-6-4-5-7-16(15)18/h8-11,15-19H,3-7,12H2,1-2H3. The molecule has 0 radical (unpaired) electrons. The third-order valence-electron chi connectivity index (χ3n) is 5.44. The SMILES string of the molecule is CCc1ccc(CC(NC)C2C3CCCCC32)cc1. The highest BCUT2D eigenvalue weighted by Crippen LogP contribution is 2.57. The molecule has 0 bridgehead atoms. The van der Waals surface area contributed by atoms with Crippen LogP contribution >= 0.6 is 0 Å². The molecule has 2 aliphatic rings. The van der Waals surface area contributed by atoms with Crippen LogP contribution in [-0.4, -0.2) is 13.1 Å². The van der Waals surface area contributed by atoms with E-state index >= 15 is 0 Å². The first-order chi connectivity index (χ1) is 9.33. The lowest BCUT2D eigenvalue weighted by atomic mass is 9.99. The van der Waals surface area contributed by atoms with E-state index in [1.165, 1.54) is 43.2 Å². The molecule has 1 heteroatoms. The van der Waals surface area contributed by atoms with E-state index in [0.717, 1.165) is 24.2 Å². The Kier molecular flexibility index (Phi) is 3.93. The van der Waals surface area contributed by atoms with Gasteiger partial charge in [0.25, 0.3) is 0 Å². The van der Waals surface area contributed by atoms with Crippen LogP contribution < -0.4 is 5.32 Å². The Balaban J connectivity index is 1.63. The van der Waals surface area contributed by atoms with Crippen LogP contribution in [0, 0.1) is 17.8 Å². The first-order valence-electron chi connectivity index (χ1n) is 8.08. The summed E-state index contributed by atoms with van der Waals surface area (Å²) < 4.78 is 0. The van der Waals surface area contributed by atoms with E-state index in [0.29, 0.717) is 6.04 Å². The van der Waals surface area contributed by atoms with Gasteiger partial charge in [0.1, 0.15) is 0 Å². The zero-order valence-corrected chi connectivity index (χ0v) is 12.4. The largest absolute Gasteiger partial charge is 0.316 e. The molecule has 0 aromatic heterocycles. The topological polar surface area (TPSA) is 12.0 Å². The molecule has 1 N–H and O–H groups in total. The molecular weight excluding hydrogens is 230 g/mol. The van der Waals surface area contributed by atoms with E-state index in [-0.39, 0.29) is 0 Å². The molecule has 1 nitrogen and oxygen atoms in total. The Morgan fingerprint density at radius 1 is 1.05 bits per heavy atom. The van der Waals surface area contributed by atoms with Crippen molar-refractivity contribution in [3.05, 3.63) is 35.4 Å². The van der Waals surface area contributed by atoms with Crippen LogP contribution in [0.25, 0.3) is 0 Å². The molecule has 104 valence electrons. The molecule has 0 spiro atoms. The second kappa shape index (κ2) is 5.66. The van der Waals surface area contributed by atoms with Gasteiger partial charge in [-0.25, -0.2) is 0 Å². The zero-order valence-electron chi connectivity index (χ0n) is 12.4. The minimum absolute atomic E-state index is 0.695. The van der Waals surface area contributed by atoms with Gasteiger partial charge in [0, 0.05) is 6.04 Å². The van der Waals surface area contributed by atoms with Crippen molar-refractivity contribution in [2.24, 2.45) is 17.8 Å². The molecule has 3 unspecified atom stereocenters. The summed E-state index contributed by atoms with van der Waals surface area (Å²) >= 11 is 0. The summed E-state index contributed by atoms with van der Waals surface area (Å²) in [6.07, 6.45) is 8.27. The van der Waals surface area contributed by atoms with Crippen molar-refractivity contribution in [2.75, 3.05) is 7.05 Å². The Labute approximate surface area is 117 Å². The quantitative estimate of drug-likeness (QED) is 0.845. The molecule has 1 aromatic carbocycles. The number of benzene rings is 1. The average Bonchev–Trinajstić information content (AvgIpc) is 3.20. The van der Waals surface area contributed by atoms with E-state index in [4.69, 9.17) is 0 Å². The molecule has 3 atom stereocenters. The van der Waals surface area contributed by atoms with Crippen LogP contribution in [-0.2, 0) is 12.8 Å². The van der Waals surface area contributed by atoms with Gasteiger partial charge in [-0.2, -0.15) is 0 Å². The normalized spacial score (nSPS) is 30.7. The van der Waals surface area contributed by atoms with E-state index in [1.807, 2.05) is 0 Å². The highest BCUT2D eigenvalue weighted by Gasteiger charge is 2.53. The van der Waals surface area contributed by atoms with Crippen molar-refractivity contribution >= 4 is 0 Å². The fourth-order valence-electron chi connectivity index (χ4n) is 4.24. The smallest absolute Gasteiger partial charge is 0.0138 e. The van der Waals surface area contributed by atoms with Crippen molar-refractivity contribution < 1.29 is 0 Å². The summed E-state index contributed by atoms with van der Waals surface area (Å²) in [5, 5.41) is 3.60. The first kappa shape index (κ1) is 13.2. The Hall–Kier alpha value is -0.820. The molecule has 0 heterocycles. The fourth-order valence-corrected chi connectivity index (χ4v) is 4.24. The number of fused-ring (bicyclic) bond motifs is 1. The number of likely N-dealkylation sites (N-methyl/N-ethyl adjacent to an activating group) is 1. The molecule has 3 rings (SSSR count). The summed E-state index contributed by atoms with van der Waals surface area (Å²) in [6.45, 7) is 2.22. The third-order valence-corrected chi connectivity index (χ3v) is 5.44. The van der Waals surface area contributed by atoms with Gasteiger partial charge < -0.3 is 5.32 Å². The van der Waals surface area contributed by atoms with Crippen LogP contribution in [0.3, 0.4) is 0 Å². The van der Waals surface area contributed by atoms with Gasteiger partial charge in [-0.05, 0) is 61.6 Å². The van der Waals surface area contributed by atoms with Crippen LogP contribution in [0.5, 0.6) is 0 Å². The lowest BCUT2D eigenvalue weighted by Crippen LogP contribution is -2.31. The molecule has 0 aliphatic heterocycles. The molecule has 0 amide bonds. The van der Waals surface area contributed by atoms with Gasteiger partial charge in [-0.3, -0.25) is 0 Å². The summed E-state index contributed by atoms with van der Waals surface area (Å²) in [5.41, 5.74) is 2.95. The van der Waals surface area contributed by atoms with E-state index in [9.17, 15) is 0 Å². The first-order valence-corrected chi connectivity index (χ1v) is 8.08. The second-order valence-corrected chi connectivity index (χ2v) is 6.46. The van der Waals surface area contributed by atoms with Gasteiger partial charge in [0.2, 0.25) is 0 Å². The highest BCUT2D eigenvalue weighted by atomic mass is 14.9. The Bertz CT molecular complexity index is 396. The predicted octanol–water partition coefficient (Wildman–Crippen LogP) is 3.82. The van der Waals surface area contributed by atoms with Crippen molar-refractivity contribution in [1.82, 2.24) is 5.32 Å². The van der Waals surface area contributed by atoms with Crippen LogP contribution in [0.2, 0.25) is 0 Å². The molecule has 19 heavy (non-hydrogen) atoms. The van der Waals surface area contributed by atoms with Gasteiger partial charge in [0.15, 0.2) is 0 Å². The van der Waals surface area contributed by atoms with Gasteiger partial charge >= 0.3 is 0 Å². The average molecular weight is 257 g/mol. The molecule has 0 saturated heterocycles. The number of rotatable bonds is 5. The van der Waals surface area contributed by atoms with Crippen molar-refractivity contribution in [1.29, 1.82) is 0 Å². The highest BCUT2D eigenvalue weighted by molar-refractivity contribution is 5.24. The summed E-state index contributed by atoms with van der Waals surface area (Å²) in [7, 11) is 2.15. The fraction of sp³-hybridized carbons (Fsp3) is 0.667. The molecule has 2 saturated carbocycles. The number of hydrogen-bond acceptors (Lipinski definition) is 1. The Morgan fingerprint density at radius 3 is 2.16 bits per heavy atom. The minimum Gasteiger partial charge on any atom is -0.316 e. The number of aryl methyl sites for hydroxylation is 1. The maximum absolute atomic E-state index is 3.60. The molecule has 1 aromatic rings. The molecule has 2 fully saturated rings. The maximum atomic E-state index is 3.60. The number of nitrogens with one attached hydrogen (secondary N) is 1. The van der Waals surface area contributed by atoms with Gasteiger partial charge in [0.05, 0.1) is 0 Å². The lowest BCUT2D eigenvalue weighted by molar-refractivity contribution is 0.460. The van der Waals surface area contributed by atoms with E-state index < -0.39 is 0 Å². The van der Waals surface area contributed by atoms with E-state index in [1.54, 1.807) is 0 Å². The zero-order chi connectivity index (χ0) is 13.2. The summed E-state index contributed by atoms with van der Waals surface area (Å²) in [4.78, 5) is 0. The maximum Gasteiger partial charge on any atom is 0.0138 e. The van der Waals surface area contributed by atoms with E-state index in [2.05, 4.69) is 43.6 Å². The van der Waals surface area contributed by atoms with Gasteiger partial charge in [-0.1, -0.05) is 44.0 Å². The van der Waals surface area contributed by atoms with Crippen LogP contribution in [0.1, 0.15) is 43.7 Å². The second-order valence-electron chi connectivity index (χ2n) is 6.46. The third kappa shape index (κ3) is 2.72. The van der Waals surface area contributed by atoms with Crippen molar-refractivity contribution in [3.8, 4) is 0 Å². The van der Waals surface area contributed by atoms with Crippen molar-refractivity contribution in [2.45, 2.75) is 51.5 Å². The Morgan fingerprint density at radius 2 is 1.63 bits per heavy atom. The summed E-state index contributed by atoms with van der Waals surface area (Å²) in [5.74, 6) is 3.04. The minimum atomic E-state index is 0.695.